The van der Waals surface area contributed by atoms with Gasteiger partial charge in [0.1, 0.15) is 18.2 Å². The zero-order valence-electron chi connectivity index (χ0n) is 17.2. The van der Waals surface area contributed by atoms with Gasteiger partial charge in [0.25, 0.3) is 9.70 Å². The summed E-state index contributed by atoms with van der Waals surface area (Å²) in [4.78, 5) is 12.3. The van der Waals surface area contributed by atoms with Crippen molar-refractivity contribution < 1.29 is 28.5 Å². The molecule has 7 nitrogen and oxygen atoms in total. The van der Waals surface area contributed by atoms with E-state index in [0.29, 0.717) is 0 Å². The van der Waals surface area contributed by atoms with E-state index < -0.39 is 54.4 Å². The van der Waals surface area contributed by atoms with Crippen LogP contribution in [0.15, 0.2) is 0 Å². The number of aliphatic hydroxyl groups is 1. The maximum atomic E-state index is 12.3. The van der Waals surface area contributed by atoms with Crippen molar-refractivity contribution in [3.05, 3.63) is 0 Å². The highest BCUT2D eigenvalue weighted by Crippen LogP contribution is 2.41. The fraction of sp³-hybridized carbons (Fsp3) is 0.941. The van der Waals surface area contributed by atoms with Gasteiger partial charge in [0.15, 0.2) is 20.4 Å². The van der Waals surface area contributed by atoms with Crippen LogP contribution in [-0.2, 0) is 23.4 Å². The van der Waals surface area contributed by atoms with Gasteiger partial charge in [0.05, 0.1) is 12.7 Å². The molecule has 0 aromatic heterocycles. The minimum absolute atomic E-state index is 0.115. The van der Waals surface area contributed by atoms with Crippen LogP contribution in [0.5, 0.6) is 0 Å². The summed E-state index contributed by atoms with van der Waals surface area (Å²) in [6.45, 7) is 14.2. The first kappa shape index (κ1) is 24.6. The van der Waals surface area contributed by atoms with Crippen molar-refractivity contribution in [3.8, 4) is 0 Å². The second-order valence-corrected chi connectivity index (χ2v) is 16.2. The Morgan fingerprint density at radius 1 is 1.25 bits per heavy atom. The zero-order valence-corrected chi connectivity index (χ0v) is 20.5. The molecule has 0 spiro atoms. The number of fused-ring (bicyclic) bond motifs is 1. The average Bonchev–Trinajstić information content (AvgIpc) is 2.48. The molecule has 1 amide bonds. The number of hydrogen-bond donors (Lipinski definition) is 2. The van der Waals surface area contributed by atoms with Gasteiger partial charge >= 0.3 is 0 Å². The van der Waals surface area contributed by atoms with Crippen molar-refractivity contribution in [1.29, 1.82) is 0 Å². The van der Waals surface area contributed by atoms with Gasteiger partial charge in [-0.15, -0.1) is 0 Å². The van der Waals surface area contributed by atoms with E-state index >= 15 is 0 Å². The van der Waals surface area contributed by atoms with Crippen molar-refractivity contribution in [2.45, 2.75) is 93.0 Å². The summed E-state index contributed by atoms with van der Waals surface area (Å²) in [5.74, 6) is -1.75. The molecule has 0 unspecified atom stereocenters. The lowest BCUT2D eigenvalue weighted by Gasteiger charge is -2.53. The summed E-state index contributed by atoms with van der Waals surface area (Å²) < 4.78 is 21.8. The van der Waals surface area contributed by atoms with Crippen LogP contribution in [0.1, 0.15) is 34.6 Å². The molecule has 2 rings (SSSR count). The number of ether oxygens (including phenoxy) is 3. The molecule has 2 fully saturated rings. The van der Waals surface area contributed by atoms with Crippen LogP contribution in [-0.4, -0.2) is 66.2 Å². The van der Waals surface area contributed by atoms with Gasteiger partial charge in [-0.2, -0.15) is 0 Å². The molecular formula is C17H30Cl3NO6Si. The average molecular weight is 479 g/mol. The van der Waals surface area contributed by atoms with Gasteiger partial charge in [0.2, 0.25) is 0 Å². The Labute approximate surface area is 182 Å². The molecule has 2 aliphatic heterocycles. The predicted molar refractivity (Wildman–Crippen MR) is 110 cm³/mol. The molecule has 0 radical (unpaired) electrons. The van der Waals surface area contributed by atoms with E-state index in [1.165, 1.54) is 0 Å². The van der Waals surface area contributed by atoms with Gasteiger partial charge in [0, 0.05) is 0 Å². The smallest absolute Gasteiger partial charge is 0.272 e. The predicted octanol–water partition coefficient (Wildman–Crippen LogP) is 3.10. The number of hydrogen-bond acceptors (Lipinski definition) is 6. The fourth-order valence-corrected chi connectivity index (χ4v) is 4.36. The number of carbonyl (C=O) groups excluding carboxylic acids is 1. The molecular weight excluding hydrogens is 449 g/mol. The summed E-state index contributed by atoms with van der Waals surface area (Å²) in [5.41, 5.74) is 0. The first-order chi connectivity index (χ1) is 12.4. The highest BCUT2D eigenvalue weighted by atomic mass is 35.6. The van der Waals surface area contributed by atoms with E-state index in [-0.39, 0.29) is 11.6 Å². The lowest BCUT2D eigenvalue weighted by Crippen LogP contribution is -2.71. The Balaban J connectivity index is 2.38. The first-order valence-corrected chi connectivity index (χ1v) is 13.2. The van der Waals surface area contributed by atoms with Gasteiger partial charge in [-0.25, -0.2) is 0 Å². The largest absolute Gasteiger partial charge is 0.409 e. The van der Waals surface area contributed by atoms with Crippen LogP contribution in [0, 0.1) is 0 Å². The standard InChI is InChI=1S/C17H30Cl3NO6Si/c1-15(2,3)28(6,7)27-12-10(21-14(23)17(18,19)20)13(22)25-9-8-24-16(4,5)26-11(9)12/h9-13,22H,8H2,1-7H3,(H,21,23)/t9-,10-,11-,12-,13+/m1/s1. The van der Waals surface area contributed by atoms with Gasteiger partial charge in [-0.1, -0.05) is 55.6 Å². The molecule has 2 saturated heterocycles. The minimum Gasteiger partial charge on any atom is -0.409 e. The molecule has 0 bridgehead atoms. The third-order valence-electron chi connectivity index (χ3n) is 5.47. The van der Waals surface area contributed by atoms with Gasteiger partial charge < -0.3 is 29.1 Å². The van der Waals surface area contributed by atoms with E-state index in [2.05, 4.69) is 39.2 Å². The van der Waals surface area contributed by atoms with Crippen molar-refractivity contribution in [3.63, 3.8) is 0 Å². The number of halogens is 3. The Hall–Kier alpha value is 0.357. The third-order valence-corrected chi connectivity index (χ3v) is 10.5. The number of carbonyl (C=O) groups is 1. The third kappa shape index (κ3) is 5.53. The second kappa shape index (κ2) is 8.13. The second-order valence-electron chi connectivity index (χ2n) is 9.20. The quantitative estimate of drug-likeness (QED) is 0.479. The molecule has 0 saturated carbocycles. The molecule has 164 valence electrons. The topological polar surface area (TPSA) is 86.2 Å². The van der Waals surface area contributed by atoms with E-state index in [9.17, 15) is 9.90 Å². The Bertz CT molecular complexity index is 592. The van der Waals surface area contributed by atoms with Crippen LogP contribution in [0.25, 0.3) is 0 Å². The van der Waals surface area contributed by atoms with Gasteiger partial charge in [-0.05, 0) is 32.0 Å². The van der Waals surface area contributed by atoms with Crippen LogP contribution >= 0.6 is 34.8 Å². The fourth-order valence-electron chi connectivity index (χ4n) is 2.88. The van der Waals surface area contributed by atoms with Crippen LogP contribution in [0.4, 0.5) is 0 Å². The zero-order chi connectivity index (χ0) is 21.7. The summed E-state index contributed by atoms with van der Waals surface area (Å²) in [7, 11) is -2.32. The minimum atomic E-state index is -2.32. The monoisotopic (exact) mass is 477 g/mol. The number of nitrogens with one attached hydrogen (secondary N) is 1. The number of rotatable bonds is 3. The highest BCUT2D eigenvalue weighted by Gasteiger charge is 2.55. The molecule has 0 aromatic rings. The summed E-state index contributed by atoms with van der Waals surface area (Å²) in [5, 5.41) is 13.0. The number of amides is 1. The van der Waals surface area contributed by atoms with Crippen molar-refractivity contribution in [2.75, 3.05) is 6.61 Å². The molecule has 0 aromatic carbocycles. The van der Waals surface area contributed by atoms with Crippen molar-refractivity contribution >= 4 is 49.0 Å². The van der Waals surface area contributed by atoms with E-state index in [1.54, 1.807) is 13.8 Å². The molecule has 2 heterocycles. The highest BCUT2D eigenvalue weighted by molar-refractivity contribution is 6.76. The maximum Gasteiger partial charge on any atom is 0.272 e. The summed E-state index contributed by atoms with van der Waals surface area (Å²) in [6.07, 6.45) is -3.23. The molecule has 2 N–H and O–H groups in total. The molecule has 2 aliphatic rings. The van der Waals surface area contributed by atoms with E-state index in [0.717, 1.165) is 0 Å². The molecule has 11 heteroatoms. The molecule has 0 aliphatic carbocycles. The normalized spacial score (nSPS) is 33.9. The van der Waals surface area contributed by atoms with Crippen molar-refractivity contribution in [1.82, 2.24) is 5.32 Å². The Morgan fingerprint density at radius 2 is 1.82 bits per heavy atom. The first-order valence-electron chi connectivity index (χ1n) is 9.15. The van der Waals surface area contributed by atoms with E-state index in [1.807, 2.05) is 0 Å². The molecule has 28 heavy (non-hydrogen) atoms. The summed E-state index contributed by atoms with van der Waals surface area (Å²) in [6, 6.07) is -0.979. The Kier molecular flexibility index (Phi) is 7.15. The van der Waals surface area contributed by atoms with Crippen LogP contribution in [0.2, 0.25) is 18.1 Å². The number of alkyl halides is 3. The lowest BCUT2D eigenvalue weighted by atomic mass is 9.95. The SMILES string of the molecule is CC1(C)OC[C@H]2O[C@H](O)[C@H](NC(=O)C(Cl)(Cl)Cl)[C@@H](O[Si](C)(C)C(C)(C)C)[C@@H]2O1. The van der Waals surface area contributed by atoms with Gasteiger partial charge in [-0.3, -0.25) is 4.79 Å². The maximum absolute atomic E-state index is 12.3. The van der Waals surface area contributed by atoms with Crippen LogP contribution < -0.4 is 5.32 Å². The Morgan fingerprint density at radius 3 is 2.32 bits per heavy atom. The molecule has 5 atom stereocenters. The summed E-state index contributed by atoms with van der Waals surface area (Å²) >= 11 is 17.1. The van der Waals surface area contributed by atoms with Crippen LogP contribution in [0.3, 0.4) is 0 Å². The van der Waals surface area contributed by atoms with Crippen molar-refractivity contribution in [2.24, 2.45) is 0 Å². The van der Waals surface area contributed by atoms with E-state index in [4.69, 9.17) is 53.4 Å². The lowest BCUT2D eigenvalue weighted by molar-refractivity contribution is -0.362. The number of aliphatic hydroxyl groups excluding tert-OH is 1.